The van der Waals surface area contributed by atoms with E-state index in [-0.39, 0.29) is 11.1 Å². The molecule has 6 nitrogen and oxygen atoms in total. The molecule has 0 radical (unpaired) electrons. The monoisotopic (exact) mass is 280 g/mol. The molecular formula is C12H16N4O2S. The molecular weight excluding hydrogens is 264 g/mol. The third-order valence-corrected chi connectivity index (χ3v) is 5.14. The molecule has 19 heavy (non-hydrogen) atoms. The third-order valence-electron chi connectivity index (χ3n) is 3.33. The number of nitrogens with one attached hydrogen (secondary N) is 1. The van der Waals surface area contributed by atoms with E-state index in [2.05, 4.69) is 10.3 Å². The Morgan fingerprint density at radius 3 is 2.79 bits per heavy atom. The van der Waals surface area contributed by atoms with Crippen LogP contribution >= 0.6 is 0 Å². The van der Waals surface area contributed by atoms with Gasteiger partial charge in [-0.3, -0.25) is 0 Å². The summed E-state index contributed by atoms with van der Waals surface area (Å²) < 4.78 is 26.2. The summed E-state index contributed by atoms with van der Waals surface area (Å²) in [6.45, 7) is 1.63. The van der Waals surface area contributed by atoms with Gasteiger partial charge in [0.2, 0.25) is 0 Å². The van der Waals surface area contributed by atoms with Crippen molar-refractivity contribution in [3.05, 3.63) is 23.9 Å². The molecule has 0 aliphatic carbocycles. The summed E-state index contributed by atoms with van der Waals surface area (Å²) in [4.78, 5) is 3.88. The molecule has 1 aromatic rings. The average Bonchev–Trinajstić information content (AvgIpc) is 2.47. The standard InChI is InChI=1S/C12H16N4O2S/c1-16(11-3-5-14-6-4-11)19(17,18)12-8-10(9-13)2-7-15-12/h2,7-8,11,14H,3-6H2,1H3. The number of piperidine rings is 1. The van der Waals surface area contributed by atoms with Gasteiger partial charge in [0.1, 0.15) is 0 Å². The molecule has 102 valence electrons. The number of sulfonamides is 1. The van der Waals surface area contributed by atoms with Crippen molar-refractivity contribution in [2.45, 2.75) is 23.9 Å². The van der Waals surface area contributed by atoms with Crippen LogP contribution in [0.15, 0.2) is 23.4 Å². The molecule has 0 spiro atoms. The topological polar surface area (TPSA) is 86.1 Å². The van der Waals surface area contributed by atoms with Crippen molar-refractivity contribution in [2.24, 2.45) is 0 Å². The van der Waals surface area contributed by atoms with E-state index >= 15 is 0 Å². The molecule has 0 bridgehead atoms. The molecule has 0 saturated carbocycles. The van der Waals surface area contributed by atoms with Crippen LogP contribution in [0.2, 0.25) is 0 Å². The van der Waals surface area contributed by atoms with Crippen molar-refractivity contribution in [3.63, 3.8) is 0 Å². The summed E-state index contributed by atoms with van der Waals surface area (Å²) >= 11 is 0. The highest BCUT2D eigenvalue weighted by Gasteiger charge is 2.30. The molecule has 0 atom stereocenters. The van der Waals surface area contributed by atoms with Crippen molar-refractivity contribution in [3.8, 4) is 6.07 Å². The van der Waals surface area contributed by atoms with E-state index in [1.54, 1.807) is 7.05 Å². The van der Waals surface area contributed by atoms with Crippen LogP contribution in [0.1, 0.15) is 18.4 Å². The van der Waals surface area contributed by atoms with Gasteiger partial charge in [0.15, 0.2) is 5.03 Å². The highest BCUT2D eigenvalue weighted by atomic mass is 32.2. The predicted octanol–water partition coefficient (Wildman–Crippen LogP) is 0.326. The minimum atomic E-state index is -3.63. The summed E-state index contributed by atoms with van der Waals surface area (Å²) in [7, 11) is -2.05. The summed E-state index contributed by atoms with van der Waals surface area (Å²) in [5, 5.41) is 12.0. The molecule has 1 fully saturated rings. The van der Waals surface area contributed by atoms with E-state index in [4.69, 9.17) is 5.26 Å². The molecule has 0 unspecified atom stereocenters. The Kier molecular flexibility index (Phi) is 4.14. The molecule has 2 rings (SSSR count). The van der Waals surface area contributed by atoms with E-state index in [0.29, 0.717) is 5.56 Å². The molecule has 1 aliphatic heterocycles. The summed E-state index contributed by atoms with van der Waals surface area (Å²) in [5.74, 6) is 0. The van der Waals surface area contributed by atoms with Gasteiger partial charge in [-0.05, 0) is 38.1 Å². The van der Waals surface area contributed by atoms with Gasteiger partial charge in [-0.2, -0.15) is 9.57 Å². The van der Waals surface area contributed by atoms with Crippen LogP contribution in [0.5, 0.6) is 0 Å². The maximum atomic E-state index is 12.4. The van der Waals surface area contributed by atoms with Crippen LogP contribution < -0.4 is 5.32 Å². The number of hydrogen-bond donors (Lipinski definition) is 1. The zero-order valence-electron chi connectivity index (χ0n) is 10.7. The number of hydrogen-bond acceptors (Lipinski definition) is 5. The number of rotatable bonds is 3. The molecule has 1 N–H and O–H groups in total. The fourth-order valence-corrected chi connectivity index (χ4v) is 3.50. The maximum Gasteiger partial charge on any atom is 0.260 e. The Balaban J connectivity index is 2.28. The van der Waals surface area contributed by atoms with E-state index in [0.717, 1.165) is 25.9 Å². The Labute approximate surface area is 113 Å². The second-order valence-corrected chi connectivity index (χ2v) is 6.44. The van der Waals surface area contributed by atoms with Crippen LogP contribution in [-0.2, 0) is 10.0 Å². The van der Waals surface area contributed by atoms with Crippen LogP contribution in [0.4, 0.5) is 0 Å². The van der Waals surface area contributed by atoms with Gasteiger partial charge in [-0.1, -0.05) is 0 Å². The lowest BCUT2D eigenvalue weighted by atomic mass is 10.1. The van der Waals surface area contributed by atoms with Gasteiger partial charge in [-0.25, -0.2) is 13.4 Å². The molecule has 1 aromatic heterocycles. The number of nitriles is 1. The van der Waals surface area contributed by atoms with Gasteiger partial charge < -0.3 is 5.32 Å². The molecule has 2 heterocycles. The smallest absolute Gasteiger partial charge is 0.260 e. The van der Waals surface area contributed by atoms with Gasteiger partial charge in [-0.15, -0.1) is 0 Å². The van der Waals surface area contributed by atoms with Crippen LogP contribution in [-0.4, -0.2) is 43.9 Å². The zero-order chi connectivity index (χ0) is 13.9. The van der Waals surface area contributed by atoms with Crippen molar-refractivity contribution in [1.82, 2.24) is 14.6 Å². The minimum absolute atomic E-state index is 0.0150. The molecule has 1 saturated heterocycles. The van der Waals surface area contributed by atoms with E-state index in [1.165, 1.54) is 22.6 Å². The number of nitrogens with zero attached hydrogens (tertiary/aromatic N) is 3. The largest absolute Gasteiger partial charge is 0.317 e. The van der Waals surface area contributed by atoms with Gasteiger partial charge in [0.25, 0.3) is 10.0 Å². The Morgan fingerprint density at radius 1 is 1.47 bits per heavy atom. The number of pyridine rings is 1. The first kappa shape index (κ1) is 13.9. The first-order valence-electron chi connectivity index (χ1n) is 6.10. The first-order chi connectivity index (χ1) is 9.05. The zero-order valence-corrected chi connectivity index (χ0v) is 11.5. The summed E-state index contributed by atoms with van der Waals surface area (Å²) in [6, 6.07) is 4.71. The quantitative estimate of drug-likeness (QED) is 0.862. The lowest BCUT2D eigenvalue weighted by molar-refractivity contribution is 0.295. The first-order valence-corrected chi connectivity index (χ1v) is 7.54. The average molecular weight is 280 g/mol. The lowest BCUT2D eigenvalue weighted by Crippen LogP contribution is -2.44. The summed E-state index contributed by atoms with van der Waals surface area (Å²) in [5.41, 5.74) is 0.298. The molecule has 0 aromatic carbocycles. The van der Waals surface area contributed by atoms with Gasteiger partial charge >= 0.3 is 0 Å². The predicted molar refractivity (Wildman–Crippen MR) is 69.8 cm³/mol. The maximum absolute atomic E-state index is 12.4. The van der Waals surface area contributed by atoms with Crippen molar-refractivity contribution in [2.75, 3.05) is 20.1 Å². The Hall–Kier alpha value is -1.49. The molecule has 1 aliphatic rings. The summed E-state index contributed by atoms with van der Waals surface area (Å²) in [6.07, 6.45) is 2.92. The SMILES string of the molecule is CN(C1CCNCC1)S(=O)(=O)c1cc(C#N)ccn1. The van der Waals surface area contributed by atoms with Crippen LogP contribution in [0, 0.1) is 11.3 Å². The highest BCUT2D eigenvalue weighted by Crippen LogP contribution is 2.19. The van der Waals surface area contributed by atoms with Gasteiger partial charge in [0, 0.05) is 19.3 Å². The molecule has 0 amide bonds. The normalized spacial score (nSPS) is 17.3. The third kappa shape index (κ3) is 2.92. The fourth-order valence-electron chi connectivity index (χ4n) is 2.13. The van der Waals surface area contributed by atoms with Crippen molar-refractivity contribution in [1.29, 1.82) is 5.26 Å². The lowest BCUT2D eigenvalue weighted by Gasteiger charge is -2.30. The second-order valence-electron chi connectivity index (χ2n) is 4.50. The Morgan fingerprint density at radius 2 is 2.16 bits per heavy atom. The van der Waals surface area contributed by atoms with Crippen LogP contribution in [0.3, 0.4) is 0 Å². The van der Waals surface area contributed by atoms with E-state index in [9.17, 15) is 8.42 Å². The van der Waals surface area contributed by atoms with E-state index < -0.39 is 10.0 Å². The van der Waals surface area contributed by atoms with Crippen molar-refractivity contribution >= 4 is 10.0 Å². The Bertz CT molecular complexity index is 588. The molecule has 7 heteroatoms. The highest BCUT2D eigenvalue weighted by molar-refractivity contribution is 7.89. The fraction of sp³-hybridized carbons (Fsp3) is 0.500. The van der Waals surface area contributed by atoms with Crippen LogP contribution in [0.25, 0.3) is 0 Å². The van der Waals surface area contributed by atoms with Gasteiger partial charge in [0.05, 0.1) is 11.6 Å². The van der Waals surface area contributed by atoms with E-state index in [1.807, 2.05) is 6.07 Å². The minimum Gasteiger partial charge on any atom is -0.317 e. The van der Waals surface area contributed by atoms with Crippen molar-refractivity contribution < 1.29 is 8.42 Å². The second kappa shape index (κ2) is 5.65. The number of aromatic nitrogens is 1.